The molecule has 2 aliphatic heterocycles. The summed E-state index contributed by atoms with van der Waals surface area (Å²) in [5, 5.41) is 7.09. The quantitative estimate of drug-likeness (QED) is 0.702. The molecule has 1 fully saturated rings. The lowest BCUT2D eigenvalue weighted by atomic mass is 9.85. The molecule has 0 atom stereocenters. The number of hydrogen-bond acceptors (Lipinski definition) is 3. The first-order valence-electron chi connectivity index (χ1n) is 10.4. The number of rotatable bonds is 3. The van der Waals surface area contributed by atoms with E-state index < -0.39 is 17.3 Å². The van der Waals surface area contributed by atoms with Crippen LogP contribution in [-0.4, -0.2) is 35.3 Å². The number of oxime groups is 1. The summed E-state index contributed by atoms with van der Waals surface area (Å²) in [4.78, 5) is 20.1. The van der Waals surface area contributed by atoms with Gasteiger partial charge in [-0.05, 0) is 41.8 Å². The van der Waals surface area contributed by atoms with Crippen LogP contribution in [0.15, 0.2) is 53.7 Å². The molecule has 1 N–H and O–H groups in total. The minimum Gasteiger partial charge on any atom is -0.388 e. The van der Waals surface area contributed by atoms with Crippen molar-refractivity contribution in [1.82, 2.24) is 4.90 Å². The first-order valence-corrected chi connectivity index (χ1v) is 10.4. The van der Waals surface area contributed by atoms with Crippen molar-refractivity contribution in [3.63, 3.8) is 0 Å². The third kappa shape index (κ3) is 4.68. The molecule has 31 heavy (non-hydrogen) atoms. The number of aryl methyl sites for hydroxylation is 1. The summed E-state index contributed by atoms with van der Waals surface area (Å²) in [6.45, 7) is 3.11. The van der Waals surface area contributed by atoms with Crippen LogP contribution in [0.25, 0.3) is 0 Å². The maximum atomic E-state index is 12.8. The van der Waals surface area contributed by atoms with Gasteiger partial charge in [-0.3, -0.25) is 0 Å². The van der Waals surface area contributed by atoms with Gasteiger partial charge in [0.05, 0.1) is 11.3 Å². The zero-order valence-corrected chi connectivity index (χ0v) is 17.2. The maximum absolute atomic E-state index is 12.8. The smallest absolute Gasteiger partial charge is 0.388 e. The van der Waals surface area contributed by atoms with Gasteiger partial charge in [-0.2, -0.15) is 13.2 Å². The number of alkyl halides is 3. The minimum atomic E-state index is -4.36. The van der Waals surface area contributed by atoms with Gasteiger partial charge in [-0.1, -0.05) is 36.3 Å². The molecule has 1 spiro atoms. The number of anilines is 1. The highest BCUT2D eigenvalue weighted by molar-refractivity contribution is 6.01. The predicted octanol–water partition coefficient (Wildman–Crippen LogP) is 5.46. The van der Waals surface area contributed by atoms with Crippen LogP contribution in [0.3, 0.4) is 0 Å². The van der Waals surface area contributed by atoms with Gasteiger partial charge in [0.15, 0.2) is 0 Å². The molecule has 0 bridgehead atoms. The van der Waals surface area contributed by atoms with E-state index in [1.54, 1.807) is 4.90 Å². The van der Waals surface area contributed by atoms with Crippen molar-refractivity contribution in [1.29, 1.82) is 0 Å². The molecular formula is C23H24F3N3O2. The lowest BCUT2D eigenvalue weighted by Gasteiger charge is -2.37. The van der Waals surface area contributed by atoms with Gasteiger partial charge in [-0.25, -0.2) is 4.79 Å². The van der Waals surface area contributed by atoms with E-state index in [1.165, 1.54) is 12.1 Å². The van der Waals surface area contributed by atoms with E-state index in [2.05, 4.69) is 17.4 Å². The Kier molecular flexibility index (Phi) is 5.64. The number of hydrogen-bond donors (Lipinski definition) is 1. The van der Waals surface area contributed by atoms with Crippen molar-refractivity contribution in [2.24, 2.45) is 5.16 Å². The predicted molar refractivity (Wildman–Crippen MR) is 112 cm³/mol. The van der Waals surface area contributed by atoms with Crippen LogP contribution in [-0.2, 0) is 17.4 Å². The number of benzene rings is 2. The third-order valence-corrected chi connectivity index (χ3v) is 5.93. The van der Waals surface area contributed by atoms with Crippen molar-refractivity contribution in [3.8, 4) is 0 Å². The summed E-state index contributed by atoms with van der Waals surface area (Å²) in [7, 11) is 0. The first kappa shape index (κ1) is 21.2. The van der Waals surface area contributed by atoms with Crippen LogP contribution in [0, 0.1) is 0 Å². The van der Waals surface area contributed by atoms with Crippen LogP contribution in [0.4, 0.5) is 23.7 Å². The highest BCUT2D eigenvalue weighted by atomic mass is 19.4. The minimum absolute atomic E-state index is 0.148. The lowest BCUT2D eigenvalue weighted by molar-refractivity contribution is -0.137. The molecule has 2 aromatic carbocycles. The Hall–Kier alpha value is -3.03. The fraction of sp³-hybridized carbons (Fsp3) is 0.391. The number of piperidine rings is 1. The molecule has 2 heterocycles. The molecule has 0 aromatic heterocycles. The van der Waals surface area contributed by atoms with E-state index in [9.17, 15) is 18.0 Å². The number of carbonyl (C=O) groups is 1. The number of halogens is 3. The zero-order valence-electron chi connectivity index (χ0n) is 17.2. The monoisotopic (exact) mass is 431 g/mol. The molecule has 0 radical (unpaired) electrons. The first-order chi connectivity index (χ1) is 14.8. The fourth-order valence-electron chi connectivity index (χ4n) is 3.98. The van der Waals surface area contributed by atoms with Gasteiger partial charge < -0.3 is 15.1 Å². The van der Waals surface area contributed by atoms with Crippen LogP contribution >= 0.6 is 0 Å². The van der Waals surface area contributed by atoms with Crippen LogP contribution < -0.4 is 5.32 Å². The SMILES string of the molecule is CCc1cccc(NC(=O)N2CCC3(CC2)CC(c2ccc(C(F)(F)F)cc2)=NO3)c1. The summed E-state index contributed by atoms with van der Waals surface area (Å²) in [5.74, 6) is 0. The van der Waals surface area contributed by atoms with E-state index in [1.807, 2.05) is 24.3 Å². The van der Waals surface area contributed by atoms with Crippen LogP contribution in [0.1, 0.15) is 42.9 Å². The van der Waals surface area contributed by atoms with Crippen LogP contribution in [0.5, 0.6) is 0 Å². The molecular weight excluding hydrogens is 407 g/mol. The van der Waals surface area contributed by atoms with Crippen molar-refractivity contribution in [3.05, 3.63) is 65.2 Å². The van der Waals surface area contributed by atoms with Crippen molar-refractivity contribution in [2.75, 3.05) is 18.4 Å². The molecule has 2 amide bonds. The van der Waals surface area contributed by atoms with Crippen molar-refractivity contribution >= 4 is 17.4 Å². The Balaban J connectivity index is 1.33. The van der Waals surface area contributed by atoms with Crippen LogP contribution in [0.2, 0.25) is 0 Å². The van der Waals surface area contributed by atoms with E-state index in [-0.39, 0.29) is 6.03 Å². The van der Waals surface area contributed by atoms with E-state index in [0.29, 0.717) is 43.6 Å². The Bertz CT molecular complexity index is 978. The number of likely N-dealkylation sites (tertiary alicyclic amines) is 1. The van der Waals surface area contributed by atoms with Gasteiger partial charge >= 0.3 is 12.2 Å². The number of amides is 2. The molecule has 5 nitrogen and oxygen atoms in total. The molecule has 164 valence electrons. The Labute approximate surface area is 178 Å². The number of nitrogens with zero attached hydrogens (tertiary/aromatic N) is 2. The number of carbonyl (C=O) groups excluding carboxylic acids is 1. The summed E-state index contributed by atoms with van der Waals surface area (Å²) in [5.41, 5.74) is 2.01. The summed E-state index contributed by atoms with van der Waals surface area (Å²) in [6, 6.07) is 12.6. The van der Waals surface area contributed by atoms with Crippen molar-refractivity contribution < 1.29 is 22.8 Å². The zero-order chi connectivity index (χ0) is 22.1. The fourth-order valence-corrected chi connectivity index (χ4v) is 3.98. The molecule has 2 aromatic rings. The Morgan fingerprint density at radius 3 is 2.52 bits per heavy atom. The molecule has 0 unspecified atom stereocenters. The average Bonchev–Trinajstić information content (AvgIpc) is 3.17. The largest absolute Gasteiger partial charge is 0.416 e. The molecule has 4 rings (SSSR count). The number of urea groups is 1. The number of nitrogens with one attached hydrogen (secondary N) is 1. The highest BCUT2D eigenvalue weighted by Gasteiger charge is 2.43. The van der Waals surface area contributed by atoms with Gasteiger partial charge in [-0.15, -0.1) is 0 Å². The maximum Gasteiger partial charge on any atom is 0.416 e. The molecule has 0 saturated carbocycles. The van der Waals surface area contributed by atoms with Crippen molar-refractivity contribution in [2.45, 2.75) is 44.4 Å². The summed E-state index contributed by atoms with van der Waals surface area (Å²) >= 11 is 0. The second-order valence-electron chi connectivity index (χ2n) is 8.04. The summed E-state index contributed by atoms with van der Waals surface area (Å²) < 4.78 is 38.3. The lowest BCUT2D eigenvalue weighted by Crippen LogP contribution is -2.48. The van der Waals surface area contributed by atoms with E-state index in [0.717, 1.165) is 29.8 Å². The molecule has 0 aliphatic carbocycles. The normalized spacial score (nSPS) is 17.9. The van der Waals surface area contributed by atoms with Gasteiger partial charge in [0.1, 0.15) is 5.60 Å². The molecule has 8 heteroatoms. The standard InChI is InChI=1S/C23H24F3N3O2/c1-2-16-4-3-5-19(14-16)27-21(30)29-12-10-22(11-13-29)15-20(28-31-22)17-6-8-18(9-7-17)23(24,25)26/h3-9,14H,2,10-13,15H2,1H3,(H,27,30). The molecule has 2 aliphatic rings. The van der Waals surface area contributed by atoms with Gasteiger partial charge in [0.25, 0.3) is 0 Å². The highest BCUT2D eigenvalue weighted by Crippen LogP contribution is 2.37. The van der Waals surface area contributed by atoms with E-state index >= 15 is 0 Å². The van der Waals surface area contributed by atoms with Gasteiger partial charge in [0, 0.05) is 38.0 Å². The topological polar surface area (TPSA) is 53.9 Å². The summed E-state index contributed by atoms with van der Waals surface area (Å²) in [6.07, 6.45) is -1.72. The average molecular weight is 431 g/mol. The van der Waals surface area contributed by atoms with Gasteiger partial charge in [0.2, 0.25) is 0 Å². The Morgan fingerprint density at radius 2 is 1.87 bits per heavy atom. The second-order valence-corrected chi connectivity index (χ2v) is 8.04. The van der Waals surface area contributed by atoms with E-state index in [4.69, 9.17) is 4.84 Å². The molecule has 1 saturated heterocycles. The second kappa shape index (κ2) is 8.24. The Morgan fingerprint density at radius 1 is 1.16 bits per heavy atom. The third-order valence-electron chi connectivity index (χ3n) is 5.93.